The van der Waals surface area contributed by atoms with E-state index >= 15 is 0 Å². The van der Waals surface area contributed by atoms with Crippen molar-refractivity contribution >= 4 is 11.9 Å². The largest absolute Gasteiger partial charge is 0.477 e. The van der Waals surface area contributed by atoms with Crippen LogP contribution in [0.15, 0.2) is 60.8 Å². The van der Waals surface area contributed by atoms with E-state index in [1.54, 1.807) is 0 Å². The van der Waals surface area contributed by atoms with Gasteiger partial charge in [-0.25, -0.2) is 4.79 Å². The molecule has 0 aliphatic carbocycles. The fourth-order valence-corrected chi connectivity index (χ4v) is 6.04. The molecule has 0 saturated carbocycles. The highest BCUT2D eigenvalue weighted by molar-refractivity contribution is 5.70. The highest BCUT2D eigenvalue weighted by atomic mass is 16.7. The lowest BCUT2D eigenvalue weighted by Gasteiger charge is -2.24. The van der Waals surface area contributed by atoms with Crippen molar-refractivity contribution in [1.29, 1.82) is 0 Å². The van der Waals surface area contributed by atoms with Crippen LogP contribution in [0.3, 0.4) is 0 Å². The molecular formula is C48H86NO7+. The van der Waals surface area contributed by atoms with E-state index in [0.717, 1.165) is 51.4 Å². The third-order valence-corrected chi connectivity index (χ3v) is 9.52. The summed E-state index contributed by atoms with van der Waals surface area (Å²) in [4.78, 5) is 23.3. The number of aliphatic hydroxyl groups is 1. The van der Waals surface area contributed by atoms with Crippen LogP contribution < -0.4 is 0 Å². The second kappa shape index (κ2) is 40.7. The molecule has 0 aromatic carbocycles. The van der Waals surface area contributed by atoms with Crippen LogP contribution in [0.5, 0.6) is 0 Å². The molecule has 2 atom stereocenters. The maximum Gasteiger partial charge on any atom is 0.361 e. The maximum atomic E-state index is 12.0. The fraction of sp³-hybridized carbons (Fsp3) is 0.750. The molecule has 0 amide bonds. The molecule has 2 N–H and O–H groups in total. The summed E-state index contributed by atoms with van der Waals surface area (Å²) in [6.45, 7) is 2.48. The number of rotatable bonds is 41. The first-order valence-corrected chi connectivity index (χ1v) is 22.5. The third-order valence-electron chi connectivity index (χ3n) is 9.52. The number of nitrogens with zero attached hydrogens (tertiary/aromatic N) is 1. The van der Waals surface area contributed by atoms with Crippen LogP contribution in [0, 0.1) is 0 Å². The molecule has 0 bridgehead atoms. The summed E-state index contributed by atoms with van der Waals surface area (Å²) in [5.41, 5.74) is 0. The number of carbonyl (C=O) groups is 2. The Balaban J connectivity index is 3.42. The number of unbranched alkanes of at least 4 members (excludes halogenated alkanes) is 19. The van der Waals surface area contributed by atoms with Crippen LogP contribution >= 0.6 is 0 Å². The summed E-state index contributed by atoms with van der Waals surface area (Å²) in [6, 6.07) is 0. The number of quaternary nitrogens is 1. The minimum atomic E-state index is -1.46. The summed E-state index contributed by atoms with van der Waals surface area (Å²) in [5, 5.41) is 19.3. The van der Waals surface area contributed by atoms with Crippen molar-refractivity contribution in [3.8, 4) is 0 Å². The Morgan fingerprint density at radius 1 is 0.536 bits per heavy atom. The number of esters is 1. The number of hydrogen-bond acceptors (Lipinski definition) is 6. The first-order chi connectivity index (χ1) is 27.2. The van der Waals surface area contributed by atoms with E-state index < -0.39 is 18.4 Å². The minimum Gasteiger partial charge on any atom is -0.477 e. The Bertz CT molecular complexity index is 1040. The SMILES string of the molecule is CC/C=C\C/C=C\C/C=C\C/C=C\C/C=C\CCCCCCCCCCCCCCCCCCCCCC(=O)OCC(O)COC(OCC[N+](C)(C)C)C(=O)O. The molecule has 0 saturated heterocycles. The average molecular weight is 789 g/mol. The van der Waals surface area contributed by atoms with Gasteiger partial charge in [0.2, 0.25) is 0 Å². The van der Waals surface area contributed by atoms with Crippen LogP contribution in [0.2, 0.25) is 0 Å². The highest BCUT2D eigenvalue weighted by Gasteiger charge is 2.22. The predicted molar refractivity (Wildman–Crippen MR) is 235 cm³/mol. The molecule has 0 heterocycles. The van der Waals surface area contributed by atoms with Crippen molar-refractivity contribution in [3.05, 3.63) is 60.8 Å². The van der Waals surface area contributed by atoms with Crippen molar-refractivity contribution < 1.29 is 38.5 Å². The summed E-state index contributed by atoms with van der Waals surface area (Å²) in [7, 11) is 5.92. The first-order valence-electron chi connectivity index (χ1n) is 22.5. The summed E-state index contributed by atoms with van der Waals surface area (Å²) < 4.78 is 16.2. The highest BCUT2D eigenvalue weighted by Crippen LogP contribution is 2.15. The quantitative estimate of drug-likeness (QED) is 0.0209. The van der Waals surface area contributed by atoms with Gasteiger partial charge in [0.1, 0.15) is 19.3 Å². The number of allylic oxidation sites excluding steroid dienone is 10. The first kappa shape index (κ1) is 53.5. The average Bonchev–Trinajstić information content (AvgIpc) is 3.16. The molecule has 0 fully saturated rings. The molecule has 0 radical (unpaired) electrons. The summed E-state index contributed by atoms with van der Waals surface area (Å²) >= 11 is 0. The number of ether oxygens (including phenoxy) is 3. The Labute approximate surface area is 344 Å². The normalized spacial score (nSPS) is 13.7. The van der Waals surface area contributed by atoms with Gasteiger partial charge in [-0.1, -0.05) is 177 Å². The van der Waals surface area contributed by atoms with Crippen LogP contribution in [0.25, 0.3) is 0 Å². The number of carbonyl (C=O) groups excluding carboxylic acids is 1. The summed E-state index contributed by atoms with van der Waals surface area (Å²) in [6.07, 6.45) is 51.4. The second-order valence-electron chi connectivity index (χ2n) is 16.2. The smallest absolute Gasteiger partial charge is 0.361 e. The fourth-order valence-electron chi connectivity index (χ4n) is 6.04. The van der Waals surface area contributed by atoms with Gasteiger partial charge < -0.3 is 28.9 Å². The van der Waals surface area contributed by atoms with Crippen LogP contribution in [0.1, 0.15) is 174 Å². The molecule has 0 aromatic rings. The van der Waals surface area contributed by atoms with E-state index in [-0.39, 0.29) is 25.8 Å². The van der Waals surface area contributed by atoms with Gasteiger partial charge in [0, 0.05) is 6.42 Å². The molecule has 2 unspecified atom stereocenters. The number of hydrogen-bond donors (Lipinski definition) is 2. The van der Waals surface area contributed by atoms with E-state index in [9.17, 15) is 19.8 Å². The van der Waals surface area contributed by atoms with Crippen LogP contribution in [0.4, 0.5) is 0 Å². The zero-order valence-corrected chi connectivity index (χ0v) is 36.5. The van der Waals surface area contributed by atoms with E-state index in [2.05, 4.69) is 67.7 Å². The monoisotopic (exact) mass is 789 g/mol. The Hall–Kier alpha value is -2.52. The van der Waals surface area contributed by atoms with Gasteiger partial charge in [-0.15, -0.1) is 0 Å². The molecular weight excluding hydrogens is 703 g/mol. The van der Waals surface area contributed by atoms with Gasteiger partial charge in [0.25, 0.3) is 6.29 Å². The molecule has 0 aromatic heterocycles. The number of carboxylic acid groups (broad SMARTS) is 1. The predicted octanol–water partition coefficient (Wildman–Crippen LogP) is 12.0. The van der Waals surface area contributed by atoms with Gasteiger partial charge >= 0.3 is 11.9 Å². The van der Waals surface area contributed by atoms with Crippen molar-refractivity contribution in [2.75, 3.05) is 47.5 Å². The van der Waals surface area contributed by atoms with Crippen molar-refractivity contribution in [2.24, 2.45) is 0 Å². The molecule has 0 aliphatic rings. The Kier molecular flexibility index (Phi) is 38.8. The second-order valence-corrected chi connectivity index (χ2v) is 16.2. The van der Waals surface area contributed by atoms with Crippen molar-refractivity contribution in [2.45, 2.75) is 186 Å². The molecule has 324 valence electrons. The number of carboxylic acids is 1. The number of aliphatic carboxylic acids is 1. The minimum absolute atomic E-state index is 0.210. The van der Waals surface area contributed by atoms with Gasteiger partial charge in [-0.2, -0.15) is 0 Å². The number of likely N-dealkylation sites (N-methyl/N-ethyl adjacent to an activating group) is 1. The van der Waals surface area contributed by atoms with Gasteiger partial charge in [0.15, 0.2) is 0 Å². The van der Waals surface area contributed by atoms with E-state index in [4.69, 9.17) is 14.2 Å². The van der Waals surface area contributed by atoms with Crippen molar-refractivity contribution in [1.82, 2.24) is 0 Å². The molecule has 0 aliphatic heterocycles. The molecule has 56 heavy (non-hydrogen) atoms. The summed E-state index contributed by atoms with van der Waals surface area (Å²) in [5.74, 6) is -1.61. The third kappa shape index (κ3) is 42.6. The zero-order valence-electron chi connectivity index (χ0n) is 36.5. The molecule has 0 rings (SSSR count). The maximum absolute atomic E-state index is 12.0. The van der Waals surface area contributed by atoms with Crippen LogP contribution in [-0.4, -0.2) is 86.5 Å². The molecule has 0 spiro atoms. The van der Waals surface area contributed by atoms with Gasteiger partial charge in [-0.05, 0) is 51.4 Å². The Morgan fingerprint density at radius 2 is 0.929 bits per heavy atom. The molecule has 8 nitrogen and oxygen atoms in total. The van der Waals surface area contributed by atoms with Crippen molar-refractivity contribution in [3.63, 3.8) is 0 Å². The van der Waals surface area contributed by atoms with E-state index in [1.807, 2.05) is 21.1 Å². The van der Waals surface area contributed by atoms with E-state index in [1.165, 1.54) is 109 Å². The van der Waals surface area contributed by atoms with Gasteiger partial charge in [-0.3, -0.25) is 4.79 Å². The topological polar surface area (TPSA) is 102 Å². The molecule has 8 heteroatoms. The lowest BCUT2D eigenvalue weighted by molar-refractivity contribution is -0.870. The standard InChI is InChI=1S/C48H85NO7/c1-5-6-7-8-9-10-11-12-13-14-15-16-17-18-19-20-21-22-23-24-25-26-27-28-29-30-31-32-33-34-35-36-37-38-39-40-46(51)55-43-45(50)44-56-48(47(52)53)54-42-41-49(2,3)4/h6-7,9-10,12-13,15-16,18-19,45,48,50H,5,8,11,14,17,20-44H2,1-4H3/p+1/b7-6-,10-9-,13-12-,16-15-,19-18-. The number of aliphatic hydroxyl groups excluding tert-OH is 1. The zero-order chi connectivity index (χ0) is 41.2. The Morgan fingerprint density at radius 3 is 1.34 bits per heavy atom. The lowest BCUT2D eigenvalue weighted by atomic mass is 10.0. The van der Waals surface area contributed by atoms with Crippen LogP contribution in [-0.2, 0) is 23.8 Å². The lowest BCUT2D eigenvalue weighted by Crippen LogP contribution is -2.40. The van der Waals surface area contributed by atoms with E-state index in [0.29, 0.717) is 17.4 Å². The van der Waals surface area contributed by atoms with Gasteiger partial charge in [0.05, 0.1) is 34.4 Å².